The van der Waals surface area contributed by atoms with Gasteiger partial charge in [0.2, 0.25) is 0 Å². The SMILES string of the molecule is C=C[C@]1(CO)COCCO1. The second-order valence-corrected chi connectivity index (χ2v) is 2.33. The van der Waals surface area contributed by atoms with Crippen LogP contribution in [-0.4, -0.2) is 37.1 Å². The van der Waals surface area contributed by atoms with Crippen molar-refractivity contribution in [2.45, 2.75) is 5.60 Å². The molecular formula is C7H12O3. The van der Waals surface area contributed by atoms with Gasteiger partial charge in [-0.3, -0.25) is 0 Å². The molecule has 0 aliphatic carbocycles. The maximum absolute atomic E-state index is 8.87. The van der Waals surface area contributed by atoms with Crippen molar-refractivity contribution in [3.8, 4) is 0 Å². The van der Waals surface area contributed by atoms with E-state index in [9.17, 15) is 0 Å². The fourth-order valence-electron chi connectivity index (χ4n) is 0.864. The van der Waals surface area contributed by atoms with Crippen molar-refractivity contribution in [1.82, 2.24) is 0 Å². The minimum absolute atomic E-state index is 0.0590. The smallest absolute Gasteiger partial charge is 0.132 e. The molecule has 0 aromatic rings. The van der Waals surface area contributed by atoms with Crippen LogP contribution in [0.25, 0.3) is 0 Å². The summed E-state index contributed by atoms with van der Waals surface area (Å²) in [5.74, 6) is 0. The van der Waals surface area contributed by atoms with Crippen LogP contribution in [-0.2, 0) is 9.47 Å². The number of aliphatic hydroxyl groups is 1. The minimum Gasteiger partial charge on any atom is -0.393 e. The monoisotopic (exact) mass is 144 g/mol. The predicted molar refractivity (Wildman–Crippen MR) is 36.8 cm³/mol. The van der Waals surface area contributed by atoms with Crippen molar-refractivity contribution in [2.24, 2.45) is 0 Å². The Labute approximate surface area is 60.3 Å². The third kappa shape index (κ3) is 1.37. The highest BCUT2D eigenvalue weighted by atomic mass is 16.6. The lowest BCUT2D eigenvalue weighted by Crippen LogP contribution is -2.44. The first-order chi connectivity index (χ1) is 4.83. The molecule has 1 aliphatic heterocycles. The molecule has 1 atom stereocenters. The van der Waals surface area contributed by atoms with Gasteiger partial charge in [0.15, 0.2) is 0 Å². The Morgan fingerprint density at radius 3 is 2.70 bits per heavy atom. The summed E-state index contributed by atoms with van der Waals surface area (Å²) in [6.07, 6.45) is 1.59. The molecule has 1 N–H and O–H groups in total. The minimum atomic E-state index is -0.641. The van der Waals surface area contributed by atoms with Crippen molar-refractivity contribution < 1.29 is 14.6 Å². The highest BCUT2D eigenvalue weighted by Gasteiger charge is 2.29. The molecule has 3 nitrogen and oxygen atoms in total. The zero-order valence-corrected chi connectivity index (χ0v) is 5.88. The van der Waals surface area contributed by atoms with Crippen LogP contribution >= 0.6 is 0 Å². The fraction of sp³-hybridized carbons (Fsp3) is 0.714. The molecule has 0 unspecified atom stereocenters. The Bertz CT molecular complexity index is 116. The zero-order chi connectivity index (χ0) is 7.45. The molecule has 0 amide bonds. The summed E-state index contributed by atoms with van der Waals surface area (Å²) in [5.41, 5.74) is -0.641. The van der Waals surface area contributed by atoms with Gasteiger partial charge in [0, 0.05) is 0 Å². The van der Waals surface area contributed by atoms with E-state index in [1.165, 1.54) is 0 Å². The van der Waals surface area contributed by atoms with E-state index >= 15 is 0 Å². The number of hydrogen-bond acceptors (Lipinski definition) is 3. The molecule has 3 heteroatoms. The van der Waals surface area contributed by atoms with Crippen LogP contribution in [0.4, 0.5) is 0 Å². The Kier molecular flexibility index (Phi) is 2.43. The largest absolute Gasteiger partial charge is 0.393 e. The summed E-state index contributed by atoms with van der Waals surface area (Å²) in [7, 11) is 0. The highest BCUT2D eigenvalue weighted by molar-refractivity contribution is 4.98. The van der Waals surface area contributed by atoms with Gasteiger partial charge in [0.05, 0.1) is 26.4 Å². The summed E-state index contributed by atoms with van der Waals surface area (Å²) in [6.45, 7) is 5.05. The quantitative estimate of drug-likeness (QED) is 0.552. The van der Waals surface area contributed by atoms with Crippen LogP contribution in [0.15, 0.2) is 12.7 Å². The molecular weight excluding hydrogens is 132 g/mol. The predicted octanol–water partition coefficient (Wildman–Crippen LogP) is -0.0497. The van der Waals surface area contributed by atoms with Crippen molar-refractivity contribution in [1.29, 1.82) is 0 Å². The van der Waals surface area contributed by atoms with Crippen molar-refractivity contribution in [3.05, 3.63) is 12.7 Å². The average molecular weight is 144 g/mol. The summed E-state index contributed by atoms with van der Waals surface area (Å²) < 4.78 is 10.4. The Balaban J connectivity index is 2.52. The second-order valence-electron chi connectivity index (χ2n) is 2.33. The van der Waals surface area contributed by atoms with Gasteiger partial charge in [-0.2, -0.15) is 0 Å². The van der Waals surface area contributed by atoms with Gasteiger partial charge in [0.1, 0.15) is 5.60 Å². The third-order valence-electron chi connectivity index (χ3n) is 1.60. The van der Waals surface area contributed by atoms with Crippen molar-refractivity contribution >= 4 is 0 Å². The van der Waals surface area contributed by atoms with Gasteiger partial charge in [-0.1, -0.05) is 6.08 Å². The van der Waals surface area contributed by atoms with Crippen LogP contribution in [0, 0.1) is 0 Å². The van der Waals surface area contributed by atoms with Gasteiger partial charge in [-0.25, -0.2) is 0 Å². The van der Waals surface area contributed by atoms with E-state index in [4.69, 9.17) is 14.6 Å². The zero-order valence-electron chi connectivity index (χ0n) is 5.88. The second kappa shape index (κ2) is 3.14. The molecule has 1 rings (SSSR count). The maximum Gasteiger partial charge on any atom is 0.132 e. The van der Waals surface area contributed by atoms with Gasteiger partial charge < -0.3 is 14.6 Å². The number of ether oxygens (including phenoxy) is 2. The first-order valence-corrected chi connectivity index (χ1v) is 3.29. The van der Waals surface area contributed by atoms with E-state index < -0.39 is 5.60 Å². The summed E-state index contributed by atoms with van der Waals surface area (Å²) in [6, 6.07) is 0. The number of rotatable bonds is 2. The maximum atomic E-state index is 8.87. The van der Waals surface area contributed by atoms with Crippen molar-refractivity contribution in [3.63, 3.8) is 0 Å². The Hall–Kier alpha value is -0.380. The Morgan fingerprint density at radius 2 is 2.40 bits per heavy atom. The van der Waals surface area contributed by atoms with E-state index in [1.807, 2.05) is 0 Å². The molecule has 1 aliphatic rings. The molecule has 0 aromatic carbocycles. The normalized spacial score (nSPS) is 33.7. The lowest BCUT2D eigenvalue weighted by molar-refractivity contribution is -0.148. The Morgan fingerprint density at radius 1 is 1.60 bits per heavy atom. The molecule has 0 saturated carbocycles. The average Bonchev–Trinajstić information content (AvgIpc) is 2.06. The van der Waals surface area contributed by atoms with Crippen molar-refractivity contribution in [2.75, 3.05) is 26.4 Å². The summed E-state index contributed by atoms with van der Waals surface area (Å²) in [5, 5.41) is 8.87. The van der Waals surface area contributed by atoms with Gasteiger partial charge in [-0.15, -0.1) is 6.58 Å². The van der Waals surface area contributed by atoms with Gasteiger partial charge in [0.25, 0.3) is 0 Å². The van der Waals surface area contributed by atoms with Crippen LogP contribution in [0.5, 0.6) is 0 Å². The molecule has 0 radical (unpaired) electrons. The highest BCUT2D eigenvalue weighted by Crippen LogP contribution is 2.15. The topological polar surface area (TPSA) is 38.7 Å². The molecule has 0 aromatic heterocycles. The molecule has 1 heterocycles. The number of hydrogen-bond donors (Lipinski definition) is 1. The molecule has 58 valence electrons. The van der Waals surface area contributed by atoms with Gasteiger partial charge >= 0.3 is 0 Å². The molecule has 1 fully saturated rings. The first-order valence-electron chi connectivity index (χ1n) is 3.29. The van der Waals surface area contributed by atoms with Crippen LogP contribution in [0.3, 0.4) is 0 Å². The third-order valence-corrected chi connectivity index (χ3v) is 1.60. The van der Waals surface area contributed by atoms with E-state index in [1.54, 1.807) is 6.08 Å². The van der Waals surface area contributed by atoms with E-state index in [0.717, 1.165) is 0 Å². The first kappa shape index (κ1) is 7.72. The van der Waals surface area contributed by atoms with E-state index in [-0.39, 0.29) is 6.61 Å². The molecule has 1 saturated heterocycles. The van der Waals surface area contributed by atoms with Crippen LogP contribution < -0.4 is 0 Å². The van der Waals surface area contributed by atoms with Gasteiger partial charge in [-0.05, 0) is 0 Å². The van der Waals surface area contributed by atoms with Crippen LogP contribution in [0.2, 0.25) is 0 Å². The lowest BCUT2D eigenvalue weighted by Gasteiger charge is -2.32. The number of aliphatic hydroxyl groups excluding tert-OH is 1. The fourth-order valence-corrected chi connectivity index (χ4v) is 0.864. The van der Waals surface area contributed by atoms with Crippen LogP contribution in [0.1, 0.15) is 0 Å². The van der Waals surface area contributed by atoms with E-state index in [2.05, 4.69) is 6.58 Å². The molecule has 0 bridgehead atoms. The molecule has 10 heavy (non-hydrogen) atoms. The summed E-state index contributed by atoms with van der Waals surface area (Å²) in [4.78, 5) is 0. The summed E-state index contributed by atoms with van der Waals surface area (Å²) >= 11 is 0. The standard InChI is InChI=1S/C7H12O3/c1-2-7(5-8)6-9-3-4-10-7/h2,8H,1,3-6H2/t7-/m0/s1. The van der Waals surface area contributed by atoms with E-state index in [0.29, 0.717) is 19.8 Å². The lowest BCUT2D eigenvalue weighted by atomic mass is 10.1. The molecule has 0 spiro atoms.